The molecular formula is C26H50O2S2. The second-order valence-electron chi connectivity index (χ2n) is 9.10. The van der Waals surface area contributed by atoms with Crippen molar-refractivity contribution in [3.05, 3.63) is 0 Å². The molecule has 0 aromatic carbocycles. The highest BCUT2D eigenvalue weighted by atomic mass is 33.1. The minimum absolute atomic E-state index is 0.0180. The summed E-state index contributed by atoms with van der Waals surface area (Å²) in [4.78, 5) is 11.8. The van der Waals surface area contributed by atoms with Crippen LogP contribution in [0.4, 0.5) is 0 Å². The van der Waals surface area contributed by atoms with Crippen LogP contribution in [0, 0.1) is 0 Å². The van der Waals surface area contributed by atoms with Gasteiger partial charge in [0.05, 0.1) is 6.61 Å². The number of esters is 1. The molecule has 0 spiro atoms. The Morgan fingerprint density at radius 3 is 1.77 bits per heavy atom. The number of carbonyl (C=O) groups is 1. The number of unbranched alkanes of at least 4 members (excludes halogenated alkanes) is 16. The molecule has 178 valence electrons. The van der Waals surface area contributed by atoms with Crippen molar-refractivity contribution in [3.8, 4) is 0 Å². The van der Waals surface area contributed by atoms with Gasteiger partial charge in [-0.25, -0.2) is 0 Å². The predicted molar refractivity (Wildman–Crippen MR) is 137 cm³/mol. The molecule has 1 saturated heterocycles. The van der Waals surface area contributed by atoms with Crippen molar-refractivity contribution in [2.24, 2.45) is 0 Å². The van der Waals surface area contributed by atoms with Crippen LogP contribution in [0.25, 0.3) is 0 Å². The van der Waals surface area contributed by atoms with Gasteiger partial charge in [-0.05, 0) is 25.7 Å². The Bertz CT molecular complexity index is 370. The fraction of sp³-hybridized carbons (Fsp3) is 0.962. The van der Waals surface area contributed by atoms with Crippen LogP contribution in [0.2, 0.25) is 0 Å². The van der Waals surface area contributed by atoms with Crippen LogP contribution in [-0.4, -0.2) is 23.6 Å². The molecule has 1 fully saturated rings. The second kappa shape index (κ2) is 22.4. The van der Waals surface area contributed by atoms with Gasteiger partial charge in [-0.1, -0.05) is 131 Å². The van der Waals surface area contributed by atoms with Gasteiger partial charge < -0.3 is 4.74 Å². The van der Waals surface area contributed by atoms with E-state index in [1.807, 2.05) is 21.6 Å². The van der Waals surface area contributed by atoms with Gasteiger partial charge in [0.2, 0.25) is 0 Å². The highest BCUT2D eigenvalue weighted by Crippen LogP contribution is 2.39. The Hall–Kier alpha value is 0.170. The Labute approximate surface area is 196 Å². The molecule has 1 unspecified atom stereocenters. The van der Waals surface area contributed by atoms with Crippen molar-refractivity contribution in [3.63, 3.8) is 0 Å². The summed E-state index contributed by atoms with van der Waals surface area (Å²) in [5, 5.41) is 0.830. The van der Waals surface area contributed by atoms with Crippen LogP contribution < -0.4 is 0 Å². The third kappa shape index (κ3) is 18.9. The summed E-state index contributed by atoms with van der Waals surface area (Å²) in [6.07, 6.45) is 27.4. The Morgan fingerprint density at radius 2 is 1.27 bits per heavy atom. The van der Waals surface area contributed by atoms with Gasteiger partial charge in [-0.15, -0.1) is 0 Å². The summed E-state index contributed by atoms with van der Waals surface area (Å²) in [7, 11) is 4.04. The fourth-order valence-electron chi connectivity index (χ4n) is 4.11. The first kappa shape index (κ1) is 28.2. The molecule has 30 heavy (non-hydrogen) atoms. The first-order chi connectivity index (χ1) is 14.8. The Kier molecular flexibility index (Phi) is 21.0. The molecule has 1 aliphatic rings. The van der Waals surface area contributed by atoms with Crippen LogP contribution in [0.1, 0.15) is 142 Å². The van der Waals surface area contributed by atoms with Crippen LogP contribution in [0.5, 0.6) is 0 Å². The van der Waals surface area contributed by atoms with Crippen molar-refractivity contribution < 1.29 is 9.53 Å². The summed E-state index contributed by atoms with van der Waals surface area (Å²) < 4.78 is 5.38. The van der Waals surface area contributed by atoms with E-state index in [4.69, 9.17) is 4.74 Å². The number of ether oxygens (including phenoxy) is 1. The van der Waals surface area contributed by atoms with E-state index >= 15 is 0 Å². The second-order valence-corrected chi connectivity index (χ2v) is 11.9. The summed E-state index contributed by atoms with van der Waals surface area (Å²) in [6, 6.07) is 0. The molecule has 1 atom stereocenters. The molecular weight excluding hydrogens is 408 g/mol. The van der Waals surface area contributed by atoms with E-state index in [9.17, 15) is 4.79 Å². The van der Waals surface area contributed by atoms with Gasteiger partial charge in [-0.2, -0.15) is 0 Å². The average Bonchev–Trinajstić information content (AvgIpc) is 3.27. The molecule has 0 aromatic heterocycles. The summed E-state index contributed by atoms with van der Waals surface area (Å²) in [6.45, 7) is 2.92. The van der Waals surface area contributed by atoms with Crippen LogP contribution >= 0.6 is 21.6 Å². The van der Waals surface area contributed by atoms with E-state index in [-0.39, 0.29) is 5.97 Å². The van der Waals surface area contributed by atoms with Crippen LogP contribution in [0.3, 0.4) is 0 Å². The molecule has 4 heteroatoms. The number of rotatable bonds is 22. The highest BCUT2D eigenvalue weighted by Gasteiger charge is 2.15. The number of hydrogen-bond donors (Lipinski definition) is 0. The van der Waals surface area contributed by atoms with Gasteiger partial charge in [0.1, 0.15) is 0 Å². The third-order valence-corrected chi connectivity index (χ3v) is 9.15. The molecule has 1 heterocycles. The largest absolute Gasteiger partial charge is 0.466 e. The predicted octanol–water partition coefficient (Wildman–Crippen LogP) is 9.51. The summed E-state index contributed by atoms with van der Waals surface area (Å²) in [5.41, 5.74) is 0. The molecule has 0 aliphatic carbocycles. The van der Waals surface area contributed by atoms with Gasteiger partial charge in [0, 0.05) is 17.4 Å². The van der Waals surface area contributed by atoms with Crippen molar-refractivity contribution in [2.45, 2.75) is 147 Å². The molecule has 0 N–H and O–H groups in total. The van der Waals surface area contributed by atoms with Gasteiger partial charge in [0.25, 0.3) is 0 Å². The molecule has 1 aliphatic heterocycles. The van der Waals surface area contributed by atoms with Crippen molar-refractivity contribution in [2.75, 3.05) is 12.4 Å². The highest BCUT2D eigenvalue weighted by molar-refractivity contribution is 8.77. The molecule has 0 saturated carbocycles. The zero-order chi connectivity index (χ0) is 21.5. The maximum Gasteiger partial charge on any atom is 0.305 e. The topological polar surface area (TPSA) is 26.3 Å². The minimum atomic E-state index is 0.0180. The lowest BCUT2D eigenvalue weighted by atomic mass is 10.0. The van der Waals surface area contributed by atoms with Gasteiger partial charge in [-0.3, -0.25) is 4.79 Å². The fourth-order valence-corrected chi connectivity index (χ4v) is 7.14. The molecule has 0 radical (unpaired) electrons. The van der Waals surface area contributed by atoms with Crippen molar-refractivity contribution in [1.29, 1.82) is 0 Å². The molecule has 0 aromatic rings. The lowest BCUT2D eigenvalue weighted by Gasteiger charge is -2.07. The first-order valence-electron chi connectivity index (χ1n) is 13.3. The van der Waals surface area contributed by atoms with Crippen molar-refractivity contribution in [1.82, 2.24) is 0 Å². The smallest absolute Gasteiger partial charge is 0.305 e. The number of carbonyl (C=O) groups excluding carboxylic acids is 1. The maximum atomic E-state index is 11.8. The third-order valence-electron chi connectivity index (χ3n) is 6.15. The maximum absolute atomic E-state index is 11.8. The van der Waals surface area contributed by atoms with E-state index < -0.39 is 0 Å². The molecule has 0 amide bonds. The molecule has 1 rings (SSSR count). The summed E-state index contributed by atoms with van der Waals surface area (Å²) in [5.74, 6) is 1.32. The number of hydrogen-bond acceptors (Lipinski definition) is 4. The van der Waals surface area contributed by atoms with Crippen LogP contribution in [-0.2, 0) is 9.53 Å². The monoisotopic (exact) mass is 458 g/mol. The Morgan fingerprint density at radius 1 is 0.733 bits per heavy atom. The average molecular weight is 459 g/mol. The molecule has 0 bridgehead atoms. The zero-order valence-corrected chi connectivity index (χ0v) is 21.6. The SMILES string of the molecule is CCCCCCCCCCCCCCCCCCOC(=O)CCCCC1CCSS1. The lowest BCUT2D eigenvalue weighted by Crippen LogP contribution is -2.06. The minimum Gasteiger partial charge on any atom is -0.466 e. The Balaban J connectivity index is 1.68. The van der Waals surface area contributed by atoms with Gasteiger partial charge in [0.15, 0.2) is 0 Å². The first-order valence-corrected chi connectivity index (χ1v) is 15.6. The summed E-state index contributed by atoms with van der Waals surface area (Å²) >= 11 is 0. The van der Waals surface area contributed by atoms with Gasteiger partial charge >= 0.3 is 5.97 Å². The van der Waals surface area contributed by atoms with E-state index in [1.165, 1.54) is 121 Å². The molecule has 2 nitrogen and oxygen atoms in total. The van der Waals surface area contributed by atoms with E-state index in [2.05, 4.69) is 6.92 Å². The van der Waals surface area contributed by atoms with E-state index in [1.54, 1.807) is 0 Å². The van der Waals surface area contributed by atoms with Crippen molar-refractivity contribution >= 4 is 27.6 Å². The zero-order valence-electron chi connectivity index (χ0n) is 20.0. The van der Waals surface area contributed by atoms with E-state index in [0.717, 1.165) is 18.1 Å². The van der Waals surface area contributed by atoms with Crippen LogP contribution in [0.15, 0.2) is 0 Å². The normalized spacial score (nSPS) is 16.2. The quantitative estimate of drug-likeness (QED) is 0.0916. The van der Waals surface area contributed by atoms with E-state index in [0.29, 0.717) is 13.0 Å². The standard InChI is InChI=1S/C26H50O2S2/c1-2-3-4-5-6-7-8-9-10-11-12-13-14-15-16-19-23-28-26(27)21-18-17-20-25-22-24-29-30-25/h25H,2-24H2,1H3. The lowest BCUT2D eigenvalue weighted by molar-refractivity contribution is -0.143.